The first-order valence-corrected chi connectivity index (χ1v) is 8.24. The number of nitrogens with zero attached hydrogens (tertiary/aromatic N) is 2. The summed E-state index contributed by atoms with van der Waals surface area (Å²) in [5.74, 6) is -0.0590. The average molecular weight is 333 g/mol. The molecular weight excluding hydrogens is 319 g/mol. The Labute approximate surface area is 129 Å². The summed E-state index contributed by atoms with van der Waals surface area (Å²) in [6.07, 6.45) is 1.72. The fourth-order valence-electron chi connectivity index (χ4n) is 1.55. The van der Waals surface area contributed by atoms with E-state index < -0.39 is 9.84 Å². The smallest absolute Gasteiger partial charge is 0.189 e. The predicted molar refractivity (Wildman–Crippen MR) is 82.6 cm³/mol. The summed E-state index contributed by atoms with van der Waals surface area (Å²) >= 11 is 11.8. The Morgan fingerprint density at radius 2 is 1.90 bits per heavy atom. The minimum absolute atomic E-state index is 0.0590. The number of rotatable bonds is 5. The second-order valence-electron chi connectivity index (χ2n) is 4.16. The van der Waals surface area contributed by atoms with Gasteiger partial charge in [0.1, 0.15) is 6.07 Å². The van der Waals surface area contributed by atoms with Gasteiger partial charge in [-0.1, -0.05) is 30.1 Å². The van der Waals surface area contributed by atoms with Crippen molar-refractivity contribution in [2.24, 2.45) is 0 Å². The van der Waals surface area contributed by atoms with Crippen LogP contribution in [0.15, 0.2) is 29.3 Å². The van der Waals surface area contributed by atoms with Gasteiger partial charge in [0, 0.05) is 29.0 Å². The average Bonchev–Trinajstić information content (AvgIpc) is 2.34. The van der Waals surface area contributed by atoms with Crippen LogP contribution in [0.5, 0.6) is 0 Å². The summed E-state index contributed by atoms with van der Waals surface area (Å²) in [7, 11) is -1.93. The van der Waals surface area contributed by atoms with Gasteiger partial charge in [-0.05, 0) is 24.6 Å². The zero-order valence-corrected chi connectivity index (χ0v) is 13.4. The monoisotopic (exact) mass is 332 g/mol. The molecule has 0 amide bonds. The van der Waals surface area contributed by atoms with E-state index in [1.807, 2.05) is 0 Å². The van der Waals surface area contributed by atoms with E-state index >= 15 is 0 Å². The molecule has 0 fully saturated rings. The lowest BCUT2D eigenvalue weighted by Gasteiger charge is -2.15. The molecule has 0 aromatic heterocycles. The molecule has 0 N–H and O–H groups in total. The minimum atomic E-state index is -3.55. The number of nitriles is 1. The highest BCUT2D eigenvalue weighted by Gasteiger charge is 2.17. The maximum Gasteiger partial charge on any atom is 0.189 e. The van der Waals surface area contributed by atoms with E-state index in [-0.39, 0.29) is 10.7 Å². The molecule has 0 aliphatic heterocycles. The van der Waals surface area contributed by atoms with Gasteiger partial charge in [0.15, 0.2) is 14.7 Å². The zero-order valence-electron chi connectivity index (χ0n) is 11.1. The molecule has 4 nitrogen and oxygen atoms in total. The van der Waals surface area contributed by atoms with Crippen molar-refractivity contribution in [2.45, 2.75) is 13.3 Å². The third-order valence-electron chi connectivity index (χ3n) is 2.48. The fourth-order valence-corrected chi connectivity index (χ4v) is 3.28. The number of halogens is 2. The van der Waals surface area contributed by atoms with Gasteiger partial charge >= 0.3 is 0 Å². The van der Waals surface area contributed by atoms with Crippen molar-refractivity contribution in [3.8, 4) is 6.07 Å². The highest BCUT2D eigenvalue weighted by molar-refractivity contribution is 7.95. The molecule has 0 saturated heterocycles. The second kappa shape index (κ2) is 6.98. The number of hydrogen-bond acceptors (Lipinski definition) is 4. The Hall–Kier alpha value is -1.22. The van der Waals surface area contributed by atoms with Crippen molar-refractivity contribution in [1.82, 2.24) is 0 Å². The molecular formula is C13H14Cl2N2O2S. The predicted octanol–water partition coefficient (Wildman–Crippen LogP) is 3.62. The summed E-state index contributed by atoms with van der Waals surface area (Å²) < 4.78 is 23.8. The lowest BCUT2D eigenvalue weighted by molar-refractivity contribution is 0.601. The maximum absolute atomic E-state index is 11.9. The molecule has 1 aromatic rings. The maximum atomic E-state index is 11.9. The molecule has 20 heavy (non-hydrogen) atoms. The Bertz CT molecular complexity index is 643. The number of sulfone groups is 1. The molecule has 0 spiro atoms. The third kappa shape index (κ3) is 4.41. The van der Waals surface area contributed by atoms with Crippen molar-refractivity contribution >= 4 is 38.7 Å². The summed E-state index contributed by atoms with van der Waals surface area (Å²) in [6, 6.07) is 6.56. The summed E-state index contributed by atoms with van der Waals surface area (Å²) in [5.41, 5.74) is 0.599. The SMILES string of the molecule is CCCS(=O)(=O)/C(C#N)=C/N(C)c1cc(Cl)cc(Cl)c1. The van der Waals surface area contributed by atoms with Crippen LogP contribution in [0, 0.1) is 11.3 Å². The van der Waals surface area contributed by atoms with Crippen molar-refractivity contribution in [3.63, 3.8) is 0 Å². The highest BCUT2D eigenvalue weighted by atomic mass is 35.5. The van der Waals surface area contributed by atoms with Crippen LogP contribution in [-0.4, -0.2) is 21.2 Å². The number of allylic oxidation sites excluding steroid dienone is 1. The van der Waals surface area contributed by atoms with Crippen LogP contribution in [0.25, 0.3) is 0 Å². The van der Waals surface area contributed by atoms with Gasteiger partial charge in [0.25, 0.3) is 0 Å². The van der Waals surface area contributed by atoms with E-state index in [0.29, 0.717) is 22.2 Å². The summed E-state index contributed by atoms with van der Waals surface area (Å²) in [5, 5.41) is 9.88. The lowest BCUT2D eigenvalue weighted by Crippen LogP contribution is -2.14. The van der Waals surface area contributed by atoms with Crippen LogP contribution in [0.2, 0.25) is 10.0 Å². The molecule has 0 aliphatic carbocycles. The Kier molecular flexibility index (Phi) is 5.88. The van der Waals surface area contributed by atoms with Gasteiger partial charge in [0.05, 0.1) is 5.75 Å². The van der Waals surface area contributed by atoms with Gasteiger partial charge in [0.2, 0.25) is 0 Å². The van der Waals surface area contributed by atoms with Crippen LogP contribution in [0.1, 0.15) is 13.3 Å². The molecule has 0 aliphatic rings. The molecule has 1 rings (SSSR count). The highest BCUT2D eigenvalue weighted by Crippen LogP contribution is 2.25. The first-order valence-electron chi connectivity index (χ1n) is 5.83. The van der Waals surface area contributed by atoms with Gasteiger partial charge in [-0.2, -0.15) is 5.26 Å². The van der Waals surface area contributed by atoms with Gasteiger partial charge in [-0.25, -0.2) is 8.42 Å². The fraction of sp³-hybridized carbons (Fsp3) is 0.308. The minimum Gasteiger partial charge on any atom is -0.349 e. The van der Waals surface area contributed by atoms with Crippen LogP contribution in [-0.2, 0) is 9.84 Å². The van der Waals surface area contributed by atoms with Gasteiger partial charge < -0.3 is 4.90 Å². The number of benzene rings is 1. The molecule has 0 atom stereocenters. The molecule has 0 saturated carbocycles. The normalized spacial score (nSPS) is 12.1. The topological polar surface area (TPSA) is 61.2 Å². The van der Waals surface area contributed by atoms with Crippen molar-refractivity contribution in [3.05, 3.63) is 39.3 Å². The summed E-state index contributed by atoms with van der Waals surface area (Å²) in [6.45, 7) is 1.74. The standard InChI is InChI=1S/C13H14Cl2N2O2S/c1-3-4-20(18,19)13(8-16)9-17(2)12-6-10(14)5-11(15)7-12/h5-7,9H,3-4H2,1-2H3/b13-9+. The van der Waals surface area contributed by atoms with E-state index in [0.717, 1.165) is 0 Å². The van der Waals surface area contributed by atoms with Gasteiger partial charge in [-0.3, -0.25) is 0 Å². The third-order valence-corrected chi connectivity index (χ3v) is 4.73. The zero-order chi connectivity index (χ0) is 15.3. The molecule has 0 heterocycles. The molecule has 108 valence electrons. The first-order chi connectivity index (χ1) is 9.30. The second-order valence-corrected chi connectivity index (χ2v) is 7.11. The Balaban J connectivity index is 3.17. The molecule has 0 radical (unpaired) electrons. The van der Waals surface area contributed by atoms with E-state index in [9.17, 15) is 8.42 Å². The van der Waals surface area contributed by atoms with Crippen LogP contribution >= 0.6 is 23.2 Å². The molecule has 1 aromatic carbocycles. The van der Waals surface area contributed by atoms with E-state index in [2.05, 4.69) is 0 Å². The Morgan fingerprint density at radius 1 is 1.35 bits per heavy atom. The largest absolute Gasteiger partial charge is 0.349 e. The molecule has 7 heteroatoms. The van der Waals surface area contributed by atoms with Gasteiger partial charge in [-0.15, -0.1) is 0 Å². The van der Waals surface area contributed by atoms with Crippen molar-refractivity contribution in [1.29, 1.82) is 5.26 Å². The van der Waals surface area contributed by atoms with Crippen molar-refractivity contribution < 1.29 is 8.42 Å². The van der Waals surface area contributed by atoms with E-state index in [4.69, 9.17) is 28.5 Å². The van der Waals surface area contributed by atoms with Crippen LogP contribution in [0.3, 0.4) is 0 Å². The molecule has 0 unspecified atom stereocenters. The lowest BCUT2D eigenvalue weighted by atomic mass is 10.3. The van der Waals surface area contributed by atoms with Crippen LogP contribution in [0.4, 0.5) is 5.69 Å². The van der Waals surface area contributed by atoms with Crippen LogP contribution < -0.4 is 4.90 Å². The molecule has 0 bridgehead atoms. The van der Waals surface area contributed by atoms with Crippen molar-refractivity contribution in [2.75, 3.05) is 17.7 Å². The quantitative estimate of drug-likeness (QED) is 0.772. The Morgan fingerprint density at radius 3 is 2.35 bits per heavy atom. The first kappa shape index (κ1) is 16.8. The summed E-state index contributed by atoms with van der Waals surface area (Å²) in [4.78, 5) is 1.22. The number of anilines is 1. The van der Waals surface area contributed by atoms with E-state index in [1.165, 1.54) is 11.1 Å². The van der Waals surface area contributed by atoms with E-state index in [1.54, 1.807) is 38.2 Å². The number of hydrogen-bond donors (Lipinski definition) is 0.